The number of nitriles is 1. The Morgan fingerprint density at radius 2 is 2.18 bits per heavy atom. The number of nitrogens with zero attached hydrogens (tertiary/aromatic N) is 1. The Morgan fingerprint density at radius 3 is 2.55 bits per heavy atom. The van der Waals surface area contributed by atoms with E-state index < -0.39 is 0 Å². The molecule has 0 aromatic rings. The Hall–Kier alpha value is -1.03. The summed E-state index contributed by atoms with van der Waals surface area (Å²) in [7, 11) is 0. The summed E-state index contributed by atoms with van der Waals surface area (Å²) in [6.45, 7) is 6.01. The van der Waals surface area contributed by atoms with E-state index in [1.165, 1.54) is 0 Å². The van der Waals surface area contributed by atoms with Crippen molar-refractivity contribution in [3.63, 3.8) is 0 Å². The van der Waals surface area contributed by atoms with Crippen molar-refractivity contribution >= 4 is 0 Å². The molecule has 58 valence electrons. The average Bonchev–Trinajstić information content (AvgIpc) is 2.36. The molecule has 0 heterocycles. The molecule has 1 rings (SSSR count). The third-order valence-corrected chi connectivity index (χ3v) is 2.02. The maximum Gasteiger partial charge on any atom is 0.0763 e. The molecule has 0 fully saturated rings. The van der Waals surface area contributed by atoms with E-state index in [-0.39, 0.29) is 5.41 Å². The van der Waals surface area contributed by atoms with Crippen molar-refractivity contribution in [1.29, 1.82) is 5.26 Å². The predicted octanol–water partition coefficient (Wildman–Crippen LogP) is 2.67. The minimum Gasteiger partial charge on any atom is -0.197 e. The number of hydrogen-bond donors (Lipinski definition) is 0. The first-order chi connectivity index (χ1) is 5.06. The lowest BCUT2D eigenvalue weighted by molar-refractivity contribution is 0.611. The molecule has 0 amide bonds. The largest absolute Gasteiger partial charge is 0.197 e. The van der Waals surface area contributed by atoms with E-state index in [9.17, 15) is 0 Å². The first-order valence-corrected chi connectivity index (χ1v) is 3.88. The highest BCUT2D eigenvalue weighted by Gasteiger charge is 2.23. The molecule has 1 unspecified atom stereocenters. The summed E-state index contributed by atoms with van der Waals surface area (Å²) in [6, 6.07) is 2.28. The first-order valence-electron chi connectivity index (χ1n) is 3.88. The van der Waals surface area contributed by atoms with E-state index in [1.807, 2.05) is 19.9 Å². The molecule has 0 aliphatic heterocycles. The van der Waals surface area contributed by atoms with Crippen LogP contribution in [0.25, 0.3) is 0 Å². The van der Waals surface area contributed by atoms with Gasteiger partial charge in [0.05, 0.1) is 11.5 Å². The van der Waals surface area contributed by atoms with Crippen LogP contribution in [0.3, 0.4) is 0 Å². The average molecular weight is 147 g/mol. The maximum absolute atomic E-state index is 8.82. The standard InChI is InChI=1S/C10H13N/c1-8-4-5-9(6-8)10(2,3)7-11/h4-6,8H,1-3H3. The Kier molecular flexibility index (Phi) is 1.87. The second-order valence-electron chi connectivity index (χ2n) is 3.58. The molecule has 11 heavy (non-hydrogen) atoms. The second-order valence-corrected chi connectivity index (χ2v) is 3.58. The van der Waals surface area contributed by atoms with Gasteiger partial charge >= 0.3 is 0 Å². The van der Waals surface area contributed by atoms with Crippen molar-refractivity contribution in [2.24, 2.45) is 11.3 Å². The minimum absolute atomic E-state index is 0.318. The van der Waals surface area contributed by atoms with Crippen molar-refractivity contribution < 1.29 is 0 Å². The highest BCUT2D eigenvalue weighted by Crippen LogP contribution is 2.31. The summed E-state index contributed by atoms with van der Waals surface area (Å²) in [5.74, 6) is 0.498. The van der Waals surface area contributed by atoms with Crippen molar-refractivity contribution in [3.05, 3.63) is 23.8 Å². The molecule has 0 bridgehead atoms. The third-order valence-electron chi connectivity index (χ3n) is 2.02. The van der Waals surface area contributed by atoms with Crippen molar-refractivity contribution in [3.8, 4) is 6.07 Å². The molecule has 1 aliphatic carbocycles. The monoisotopic (exact) mass is 147 g/mol. The second kappa shape index (κ2) is 2.54. The zero-order chi connectivity index (χ0) is 8.48. The number of allylic oxidation sites excluding steroid dienone is 4. The zero-order valence-electron chi connectivity index (χ0n) is 7.26. The van der Waals surface area contributed by atoms with Crippen LogP contribution < -0.4 is 0 Å². The fourth-order valence-electron chi connectivity index (χ4n) is 1.13. The van der Waals surface area contributed by atoms with E-state index in [4.69, 9.17) is 5.26 Å². The molecule has 0 radical (unpaired) electrons. The van der Waals surface area contributed by atoms with Gasteiger partial charge in [0, 0.05) is 0 Å². The van der Waals surface area contributed by atoms with E-state index in [2.05, 4.69) is 25.1 Å². The Balaban J connectivity index is 2.88. The molecule has 1 atom stereocenters. The SMILES string of the molecule is CC1C=CC(C(C)(C)C#N)=C1. The Bertz CT molecular complexity index is 251. The molecule has 0 saturated heterocycles. The number of hydrogen-bond acceptors (Lipinski definition) is 1. The fraction of sp³-hybridized carbons (Fsp3) is 0.500. The summed E-state index contributed by atoms with van der Waals surface area (Å²) in [6.07, 6.45) is 6.31. The van der Waals surface area contributed by atoms with E-state index in [0.29, 0.717) is 5.92 Å². The third kappa shape index (κ3) is 1.51. The summed E-state index contributed by atoms with van der Waals surface area (Å²) in [5, 5.41) is 8.82. The van der Waals surface area contributed by atoms with Crippen LogP contribution in [0.4, 0.5) is 0 Å². The quantitative estimate of drug-likeness (QED) is 0.559. The summed E-state index contributed by atoms with van der Waals surface area (Å²) >= 11 is 0. The van der Waals surface area contributed by atoms with Gasteiger partial charge in [0.1, 0.15) is 0 Å². The predicted molar refractivity (Wildman–Crippen MR) is 45.8 cm³/mol. The van der Waals surface area contributed by atoms with Gasteiger partial charge < -0.3 is 0 Å². The molecule has 0 N–H and O–H groups in total. The van der Waals surface area contributed by atoms with E-state index in [0.717, 1.165) is 5.57 Å². The van der Waals surface area contributed by atoms with Gasteiger partial charge in [0.2, 0.25) is 0 Å². The number of rotatable bonds is 1. The lowest BCUT2D eigenvalue weighted by Gasteiger charge is -2.14. The van der Waals surface area contributed by atoms with Gasteiger partial charge in [-0.15, -0.1) is 0 Å². The molecule has 0 saturated carbocycles. The van der Waals surface area contributed by atoms with E-state index in [1.54, 1.807) is 0 Å². The van der Waals surface area contributed by atoms with Gasteiger partial charge in [-0.3, -0.25) is 0 Å². The van der Waals surface area contributed by atoms with Crippen LogP contribution in [0.2, 0.25) is 0 Å². The van der Waals surface area contributed by atoms with Gasteiger partial charge in [0.15, 0.2) is 0 Å². The highest BCUT2D eigenvalue weighted by molar-refractivity contribution is 5.37. The topological polar surface area (TPSA) is 23.8 Å². The molecule has 0 aromatic carbocycles. The van der Waals surface area contributed by atoms with Crippen LogP contribution in [0.15, 0.2) is 23.8 Å². The maximum atomic E-state index is 8.82. The van der Waals surface area contributed by atoms with Crippen molar-refractivity contribution in [2.75, 3.05) is 0 Å². The van der Waals surface area contributed by atoms with Crippen LogP contribution in [-0.4, -0.2) is 0 Å². The highest BCUT2D eigenvalue weighted by atomic mass is 14.3. The Morgan fingerprint density at radius 1 is 1.55 bits per heavy atom. The lowest BCUT2D eigenvalue weighted by atomic mass is 9.86. The molecule has 1 nitrogen and oxygen atoms in total. The van der Waals surface area contributed by atoms with Gasteiger partial charge in [-0.25, -0.2) is 0 Å². The normalized spacial score (nSPS) is 23.1. The molecule has 1 heteroatoms. The first kappa shape index (κ1) is 8.07. The molecule has 1 aliphatic rings. The zero-order valence-corrected chi connectivity index (χ0v) is 7.26. The van der Waals surface area contributed by atoms with Crippen molar-refractivity contribution in [2.45, 2.75) is 20.8 Å². The van der Waals surface area contributed by atoms with Crippen LogP contribution >= 0.6 is 0 Å². The summed E-state index contributed by atoms with van der Waals surface area (Å²) < 4.78 is 0. The van der Waals surface area contributed by atoms with Crippen LogP contribution in [0.1, 0.15) is 20.8 Å². The summed E-state index contributed by atoms with van der Waals surface area (Å²) in [4.78, 5) is 0. The van der Waals surface area contributed by atoms with Gasteiger partial charge in [0.25, 0.3) is 0 Å². The smallest absolute Gasteiger partial charge is 0.0763 e. The fourth-order valence-corrected chi connectivity index (χ4v) is 1.13. The summed E-state index contributed by atoms with van der Waals surface area (Å²) in [5.41, 5.74) is 0.828. The molecular weight excluding hydrogens is 134 g/mol. The van der Waals surface area contributed by atoms with E-state index >= 15 is 0 Å². The molecular formula is C10H13N. The van der Waals surface area contributed by atoms with Gasteiger partial charge in [-0.05, 0) is 25.3 Å². The molecule has 0 aromatic heterocycles. The lowest BCUT2D eigenvalue weighted by Crippen LogP contribution is -2.09. The minimum atomic E-state index is -0.318. The van der Waals surface area contributed by atoms with Gasteiger partial charge in [-0.2, -0.15) is 5.26 Å². The van der Waals surface area contributed by atoms with Crippen LogP contribution in [0.5, 0.6) is 0 Å². The Labute approximate surface area is 68.0 Å². The van der Waals surface area contributed by atoms with Crippen molar-refractivity contribution in [1.82, 2.24) is 0 Å². The molecule has 0 spiro atoms. The van der Waals surface area contributed by atoms with Gasteiger partial charge in [-0.1, -0.05) is 25.2 Å². The van der Waals surface area contributed by atoms with Crippen LogP contribution in [0, 0.1) is 22.7 Å². The van der Waals surface area contributed by atoms with Crippen LogP contribution in [-0.2, 0) is 0 Å².